The zero-order valence-electron chi connectivity index (χ0n) is 11.0. The van der Waals surface area contributed by atoms with Crippen molar-refractivity contribution in [1.82, 2.24) is 9.97 Å². The maximum absolute atomic E-state index is 11.1. The minimum Gasteiger partial charge on any atom is -0.480 e. The van der Waals surface area contributed by atoms with Gasteiger partial charge in [0.15, 0.2) is 0 Å². The third-order valence-electron chi connectivity index (χ3n) is 2.20. The SMILES string of the molecule is CC(C)Oc1ccnc(NC(C(=O)O)C(C)C)n1. The lowest BCUT2D eigenvalue weighted by molar-refractivity contribution is -0.138. The number of carboxylic acid groups (broad SMARTS) is 1. The van der Waals surface area contributed by atoms with Crippen molar-refractivity contribution in [1.29, 1.82) is 0 Å². The highest BCUT2D eigenvalue weighted by atomic mass is 16.5. The summed E-state index contributed by atoms with van der Waals surface area (Å²) in [6.45, 7) is 7.42. The Hall–Kier alpha value is -1.85. The molecule has 1 atom stereocenters. The van der Waals surface area contributed by atoms with Crippen LogP contribution in [0.4, 0.5) is 5.95 Å². The molecule has 1 aromatic heterocycles. The average molecular weight is 253 g/mol. The topological polar surface area (TPSA) is 84.3 Å². The zero-order valence-corrected chi connectivity index (χ0v) is 11.0. The monoisotopic (exact) mass is 253 g/mol. The molecule has 0 radical (unpaired) electrons. The molecule has 0 saturated heterocycles. The highest BCUT2D eigenvalue weighted by molar-refractivity contribution is 5.76. The van der Waals surface area contributed by atoms with Crippen LogP contribution in [0.2, 0.25) is 0 Å². The molecule has 18 heavy (non-hydrogen) atoms. The lowest BCUT2D eigenvalue weighted by atomic mass is 10.1. The fourth-order valence-electron chi connectivity index (χ4n) is 1.37. The summed E-state index contributed by atoms with van der Waals surface area (Å²) in [5.41, 5.74) is 0. The van der Waals surface area contributed by atoms with Crippen molar-refractivity contribution in [2.75, 3.05) is 5.32 Å². The summed E-state index contributed by atoms with van der Waals surface area (Å²) in [6, 6.07) is 0.912. The molecular weight excluding hydrogens is 234 g/mol. The van der Waals surface area contributed by atoms with E-state index in [9.17, 15) is 4.79 Å². The van der Waals surface area contributed by atoms with Gasteiger partial charge in [0, 0.05) is 12.3 Å². The second kappa shape index (κ2) is 6.18. The van der Waals surface area contributed by atoms with E-state index < -0.39 is 12.0 Å². The number of hydrogen-bond donors (Lipinski definition) is 2. The highest BCUT2D eigenvalue weighted by Gasteiger charge is 2.22. The molecule has 0 bridgehead atoms. The first-order valence-corrected chi connectivity index (χ1v) is 5.89. The quantitative estimate of drug-likeness (QED) is 0.804. The van der Waals surface area contributed by atoms with E-state index in [0.29, 0.717) is 5.88 Å². The van der Waals surface area contributed by atoms with Crippen molar-refractivity contribution in [3.05, 3.63) is 12.3 Å². The molecule has 0 spiro atoms. The van der Waals surface area contributed by atoms with E-state index >= 15 is 0 Å². The van der Waals surface area contributed by atoms with Gasteiger partial charge in [-0.05, 0) is 19.8 Å². The summed E-state index contributed by atoms with van der Waals surface area (Å²) >= 11 is 0. The van der Waals surface area contributed by atoms with Crippen LogP contribution >= 0.6 is 0 Å². The number of anilines is 1. The summed E-state index contributed by atoms with van der Waals surface area (Å²) in [7, 11) is 0. The Bertz CT molecular complexity index is 407. The molecule has 1 heterocycles. The minimum atomic E-state index is -0.927. The molecule has 2 N–H and O–H groups in total. The van der Waals surface area contributed by atoms with E-state index in [0.717, 1.165) is 0 Å². The zero-order chi connectivity index (χ0) is 13.7. The molecule has 1 unspecified atom stereocenters. The highest BCUT2D eigenvalue weighted by Crippen LogP contribution is 2.13. The first-order valence-electron chi connectivity index (χ1n) is 5.89. The summed E-state index contributed by atoms with van der Waals surface area (Å²) < 4.78 is 5.42. The van der Waals surface area contributed by atoms with Gasteiger partial charge in [0.05, 0.1) is 6.10 Å². The van der Waals surface area contributed by atoms with E-state index in [1.807, 2.05) is 27.7 Å². The van der Waals surface area contributed by atoms with Crippen LogP contribution in [0.3, 0.4) is 0 Å². The molecule has 0 aliphatic heterocycles. The lowest BCUT2D eigenvalue weighted by Crippen LogP contribution is -2.35. The third kappa shape index (κ3) is 4.20. The molecule has 1 aromatic rings. The Kier molecular flexibility index (Phi) is 4.88. The van der Waals surface area contributed by atoms with Crippen LogP contribution in [0.1, 0.15) is 27.7 Å². The molecule has 6 nitrogen and oxygen atoms in total. The number of rotatable bonds is 6. The largest absolute Gasteiger partial charge is 0.480 e. The molecule has 0 aliphatic rings. The van der Waals surface area contributed by atoms with Crippen LogP contribution in [0.15, 0.2) is 12.3 Å². The second-order valence-corrected chi connectivity index (χ2v) is 4.59. The van der Waals surface area contributed by atoms with E-state index in [4.69, 9.17) is 9.84 Å². The van der Waals surface area contributed by atoms with Crippen molar-refractivity contribution in [3.63, 3.8) is 0 Å². The summed E-state index contributed by atoms with van der Waals surface area (Å²) in [5, 5.41) is 11.9. The van der Waals surface area contributed by atoms with Crippen LogP contribution < -0.4 is 10.1 Å². The molecule has 6 heteroatoms. The predicted molar refractivity (Wildman–Crippen MR) is 67.7 cm³/mol. The Morgan fingerprint density at radius 1 is 1.39 bits per heavy atom. The van der Waals surface area contributed by atoms with Crippen molar-refractivity contribution < 1.29 is 14.6 Å². The van der Waals surface area contributed by atoms with Crippen molar-refractivity contribution in [2.24, 2.45) is 5.92 Å². The molecule has 0 aromatic carbocycles. The van der Waals surface area contributed by atoms with E-state index in [-0.39, 0.29) is 18.0 Å². The van der Waals surface area contributed by atoms with Crippen LogP contribution in [0.25, 0.3) is 0 Å². The number of nitrogens with zero attached hydrogens (tertiary/aromatic N) is 2. The molecule has 100 valence electrons. The van der Waals surface area contributed by atoms with Crippen LogP contribution in [-0.4, -0.2) is 33.2 Å². The van der Waals surface area contributed by atoms with Gasteiger partial charge in [-0.2, -0.15) is 4.98 Å². The fraction of sp³-hybridized carbons (Fsp3) is 0.583. The molecule has 0 fully saturated rings. The number of hydrogen-bond acceptors (Lipinski definition) is 5. The van der Waals surface area contributed by atoms with E-state index in [1.54, 1.807) is 6.07 Å². The second-order valence-electron chi connectivity index (χ2n) is 4.59. The van der Waals surface area contributed by atoms with Gasteiger partial charge in [0.1, 0.15) is 6.04 Å². The summed E-state index contributed by atoms with van der Waals surface area (Å²) in [5.74, 6) is -0.311. The van der Waals surface area contributed by atoms with E-state index in [2.05, 4.69) is 15.3 Å². The first-order chi connectivity index (χ1) is 8.40. The number of aromatic nitrogens is 2. The van der Waals surface area contributed by atoms with Gasteiger partial charge in [-0.25, -0.2) is 9.78 Å². The Morgan fingerprint density at radius 2 is 2.06 bits per heavy atom. The lowest BCUT2D eigenvalue weighted by Gasteiger charge is -2.18. The maximum atomic E-state index is 11.1. The molecular formula is C12H19N3O3. The number of nitrogens with one attached hydrogen (secondary N) is 1. The van der Waals surface area contributed by atoms with Gasteiger partial charge in [-0.1, -0.05) is 13.8 Å². The van der Waals surface area contributed by atoms with Gasteiger partial charge in [0.25, 0.3) is 0 Å². The first kappa shape index (κ1) is 14.2. The Labute approximate surface area is 106 Å². The van der Waals surface area contributed by atoms with Crippen LogP contribution in [0, 0.1) is 5.92 Å². The van der Waals surface area contributed by atoms with Crippen LogP contribution in [0.5, 0.6) is 5.88 Å². The minimum absolute atomic E-state index is 0.00752. The molecule has 0 amide bonds. The van der Waals surface area contributed by atoms with Gasteiger partial charge >= 0.3 is 5.97 Å². The van der Waals surface area contributed by atoms with E-state index in [1.165, 1.54) is 6.20 Å². The Morgan fingerprint density at radius 3 is 2.56 bits per heavy atom. The van der Waals surface area contributed by atoms with Crippen molar-refractivity contribution in [2.45, 2.75) is 39.8 Å². The van der Waals surface area contributed by atoms with Crippen molar-refractivity contribution >= 4 is 11.9 Å². The summed E-state index contributed by atoms with van der Waals surface area (Å²) in [4.78, 5) is 19.2. The molecule has 0 saturated carbocycles. The van der Waals surface area contributed by atoms with Gasteiger partial charge in [0.2, 0.25) is 11.8 Å². The fourth-order valence-corrected chi connectivity index (χ4v) is 1.37. The number of ether oxygens (including phenoxy) is 1. The number of carbonyl (C=O) groups is 1. The van der Waals surface area contributed by atoms with Gasteiger partial charge in [-0.15, -0.1) is 0 Å². The van der Waals surface area contributed by atoms with Gasteiger partial charge < -0.3 is 15.2 Å². The smallest absolute Gasteiger partial charge is 0.326 e. The predicted octanol–water partition coefficient (Wildman–Crippen LogP) is 1.78. The normalized spacial score (nSPS) is 12.6. The standard InChI is InChI=1S/C12H19N3O3/c1-7(2)10(11(16)17)15-12-13-6-5-9(14-12)18-8(3)4/h5-8,10H,1-4H3,(H,16,17)(H,13,14,15). The van der Waals surface area contributed by atoms with Crippen molar-refractivity contribution in [3.8, 4) is 5.88 Å². The number of aliphatic carboxylic acids is 1. The third-order valence-corrected chi connectivity index (χ3v) is 2.20. The Balaban J connectivity index is 2.80. The van der Waals surface area contributed by atoms with Gasteiger partial charge in [-0.3, -0.25) is 0 Å². The molecule has 1 rings (SSSR count). The molecule has 0 aliphatic carbocycles. The number of carboxylic acids is 1. The summed E-state index contributed by atoms with van der Waals surface area (Å²) in [6.07, 6.45) is 1.54. The van der Waals surface area contributed by atoms with Crippen LogP contribution in [-0.2, 0) is 4.79 Å². The maximum Gasteiger partial charge on any atom is 0.326 e. The average Bonchev–Trinajstić information content (AvgIpc) is 2.24.